The average molecular weight is 214 g/mol. The highest BCUT2D eigenvalue weighted by atomic mass is 16.3. The van der Waals surface area contributed by atoms with Crippen LogP contribution in [0.2, 0.25) is 0 Å². The number of nitrogens with zero attached hydrogens (tertiary/aromatic N) is 1. The maximum absolute atomic E-state index is 9.61. The van der Waals surface area contributed by atoms with Crippen LogP contribution in [0.1, 0.15) is 39.5 Å². The minimum absolute atomic E-state index is 0.224. The molecule has 1 saturated carbocycles. The summed E-state index contributed by atoms with van der Waals surface area (Å²) in [5, 5.41) is 9.61. The quantitative estimate of drug-likeness (QED) is 0.739. The molecule has 0 saturated heterocycles. The predicted octanol–water partition coefficient (Wildman–Crippen LogP) is 1.20. The van der Waals surface area contributed by atoms with Crippen LogP contribution in [0.15, 0.2) is 0 Å². The van der Waals surface area contributed by atoms with Gasteiger partial charge in [0, 0.05) is 12.1 Å². The molecule has 0 aromatic heterocycles. The third-order valence-electron chi connectivity index (χ3n) is 4.04. The molecule has 1 aliphatic carbocycles. The van der Waals surface area contributed by atoms with Crippen LogP contribution in [0.3, 0.4) is 0 Å². The van der Waals surface area contributed by atoms with Crippen LogP contribution in [0, 0.1) is 5.92 Å². The first-order valence-corrected chi connectivity index (χ1v) is 6.18. The van der Waals surface area contributed by atoms with Gasteiger partial charge in [-0.2, -0.15) is 0 Å². The molecule has 1 aliphatic rings. The van der Waals surface area contributed by atoms with Gasteiger partial charge >= 0.3 is 0 Å². The maximum atomic E-state index is 9.61. The second-order valence-electron chi connectivity index (χ2n) is 4.99. The van der Waals surface area contributed by atoms with E-state index >= 15 is 0 Å². The first-order chi connectivity index (χ1) is 7.07. The highest BCUT2D eigenvalue weighted by Crippen LogP contribution is 2.28. The fourth-order valence-electron chi connectivity index (χ4n) is 2.64. The van der Waals surface area contributed by atoms with E-state index in [0.29, 0.717) is 12.0 Å². The molecular weight excluding hydrogens is 188 g/mol. The molecule has 0 radical (unpaired) electrons. The van der Waals surface area contributed by atoms with Gasteiger partial charge in [0.15, 0.2) is 0 Å². The van der Waals surface area contributed by atoms with Gasteiger partial charge in [0.2, 0.25) is 0 Å². The lowest BCUT2D eigenvalue weighted by molar-refractivity contribution is 0.0300. The van der Waals surface area contributed by atoms with Gasteiger partial charge in [0.1, 0.15) is 0 Å². The molecule has 0 spiro atoms. The zero-order valence-electron chi connectivity index (χ0n) is 10.3. The maximum Gasteiger partial charge on any atom is 0.0664 e. The Kier molecular flexibility index (Phi) is 5.03. The van der Waals surface area contributed by atoms with E-state index < -0.39 is 0 Å². The number of nitrogens with two attached hydrogens (primary N) is 1. The van der Waals surface area contributed by atoms with E-state index in [4.69, 9.17) is 5.73 Å². The Balaban J connectivity index is 2.58. The van der Waals surface area contributed by atoms with E-state index in [1.54, 1.807) is 0 Å². The molecule has 3 N–H and O–H groups in total. The van der Waals surface area contributed by atoms with Gasteiger partial charge in [-0.1, -0.05) is 12.8 Å². The van der Waals surface area contributed by atoms with Gasteiger partial charge in [-0.15, -0.1) is 0 Å². The van der Waals surface area contributed by atoms with Crippen LogP contribution in [0.25, 0.3) is 0 Å². The van der Waals surface area contributed by atoms with Crippen molar-refractivity contribution < 1.29 is 5.11 Å². The van der Waals surface area contributed by atoms with E-state index in [-0.39, 0.29) is 12.1 Å². The Morgan fingerprint density at radius 2 is 1.93 bits per heavy atom. The van der Waals surface area contributed by atoms with E-state index in [1.165, 1.54) is 25.7 Å². The lowest BCUT2D eigenvalue weighted by Gasteiger charge is -2.41. The van der Waals surface area contributed by atoms with Crippen molar-refractivity contribution in [1.82, 2.24) is 4.90 Å². The van der Waals surface area contributed by atoms with Crippen LogP contribution in [-0.4, -0.2) is 41.8 Å². The van der Waals surface area contributed by atoms with E-state index in [0.717, 1.165) is 6.54 Å². The standard InChI is InChI=1S/C12H26N2O/c1-9(10(2)15)14(3)12-7-5-4-6-11(12)8-13/h9-12,15H,4-8,13H2,1-3H3. The number of likely N-dealkylation sites (N-methyl/N-ethyl adjacent to an activating group) is 1. The lowest BCUT2D eigenvalue weighted by atomic mass is 9.83. The smallest absolute Gasteiger partial charge is 0.0664 e. The van der Waals surface area contributed by atoms with Crippen molar-refractivity contribution in [3.05, 3.63) is 0 Å². The van der Waals surface area contributed by atoms with Gasteiger partial charge in [0.25, 0.3) is 0 Å². The number of hydrogen-bond acceptors (Lipinski definition) is 3. The molecule has 0 bridgehead atoms. The molecule has 4 atom stereocenters. The molecule has 0 amide bonds. The number of rotatable bonds is 4. The largest absolute Gasteiger partial charge is 0.392 e. The summed E-state index contributed by atoms with van der Waals surface area (Å²) >= 11 is 0. The molecule has 0 aromatic rings. The molecule has 3 heteroatoms. The van der Waals surface area contributed by atoms with Crippen molar-refractivity contribution >= 4 is 0 Å². The summed E-state index contributed by atoms with van der Waals surface area (Å²) in [6.45, 7) is 4.73. The molecule has 15 heavy (non-hydrogen) atoms. The Labute approximate surface area is 93.6 Å². The van der Waals surface area contributed by atoms with Crippen LogP contribution >= 0.6 is 0 Å². The van der Waals surface area contributed by atoms with E-state index in [9.17, 15) is 5.11 Å². The predicted molar refractivity (Wildman–Crippen MR) is 63.7 cm³/mol. The van der Waals surface area contributed by atoms with Crippen molar-refractivity contribution in [1.29, 1.82) is 0 Å². The summed E-state index contributed by atoms with van der Waals surface area (Å²) in [5.41, 5.74) is 5.82. The van der Waals surface area contributed by atoms with Gasteiger partial charge < -0.3 is 10.8 Å². The zero-order chi connectivity index (χ0) is 11.4. The van der Waals surface area contributed by atoms with Crippen molar-refractivity contribution in [3.8, 4) is 0 Å². The van der Waals surface area contributed by atoms with Crippen LogP contribution in [-0.2, 0) is 0 Å². The molecule has 0 aliphatic heterocycles. The molecule has 4 unspecified atom stereocenters. The third kappa shape index (κ3) is 3.16. The van der Waals surface area contributed by atoms with E-state index in [2.05, 4.69) is 18.9 Å². The van der Waals surface area contributed by atoms with Crippen LogP contribution in [0.5, 0.6) is 0 Å². The summed E-state index contributed by atoms with van der Waals surface area (Å²) in [5.74, 6) is 0.616. The van der Waals surface area contributed by atoms with Crippen LogP contribution in [0.4, 0.5) is 0 Å². The fourth-order valence-corrected chi connectivity index (χ4v) is 2.64. The first kappa shape index (κ1) is 12.9. The summed E-state index contributed by atoms with van der Waals surface area (Å²) in [6, 6.07) is 0.787. The van der Waals surface area contributed by atoms with Gasteiger partial charge in [-0.3, -0.25) is 4.90 Å². The second-order valence-corrected chi connectivity index (χ2v) is 4.99. The monoisotopic (exact) mass is 214 g/mol. The molecule has 0 aromatic carbocycles. The lowest BCUT2D eigenvalue weighted by Crippen LogP contribution is -2.49. The highest BCUT2D eigenvalue weighted by molar-refractivity contribution is 4.85. The Morgan fingerprint density at radius 3 is 2.47 bits per heavy atom. The number of aliphatic hydroxyl groups is 1. The van der Waals surface area contributed by atoms with Crippen molar-refractivity contribution in [2.45, 2.75) is 57.7 Å². The molecule has 1 rings (SSSR count). The SMILES string of the molecule is CC(O)C(C)N(C)C1CCCCC1CN. The molecule has 0 heterocycles. The van der Waals surface area contributed by atoms with Gasteiger partial charge in [-0.25, -0.2) is 0 Å². The Hall–Kier alpha value is -0.120. The fraction of sp³-hybridized carbons (Fsp3) is 1.00. The Bertz CT molecular complexity index is 184. The number of hydrogen-bond donors (Lipinski definition) is 2. The number of aliphatic hydroxyl groups excluding tert-OH is 1. The second kappa shape index (κ2) is 5.83. The molecular formula is C12H26N2O. The molecule has 1 fully saturated rings. The zero-order valence-corrected chi connectivity index (χ0v) is 10.3. The summed E-state index contributed by atoms with van der Waals surface area (Å²) in [4.78, 5) is 2.32. The minimum atomic E-state index is -0.268. The molecule has 3 nitrogen and oxygen atoms in total. The van der Waals surface area contributed by atoms with Crippen molar-refractivity contribution in [2.75, 3.05) is 13.6 Å². The van der Waals surface area contributed by atoms with Gasteiger partial charge in [-0.05, 0) is 46.2 Å². The van der Waals surface area contributed by atoms with Crippen molar-refractivity contribution in [2.24, 2.45) is 11.7 Å². The van der Waals surface area contributed by atoms with Crippen LogP contribution < -0.4 is 5.73 Å². The summed E-state index contributed by atoms with van der Waals surface area (Å²) < 4.78 is 0. The summed E-state index contributed by atoms with van der Waals surface area (Å²) in [6.07, 6.45) is 4.83. The summed E-state index contributed by atoms with van der Waals surface area (Å²) in [7, 11) is 2.12. The van der Waals surface area contributed by atoms with Gasteiger partial charge in [0.05, 0.1) is 6.10 Å². The van der Waals surface area contributed by atoms with E-state index in [1.807, 2.05) is 6.92 Å². The molecule has 90 valence electrons. The average Bonchev–Trinajstić information content (AvgIpc) is 2.26. The third-order valence-corrected chi connectivity index (χ3v) is 4.04. The minimum Gasteiger partial charge on any atom is -0.392 e. The normalized spacial score (nSPS) is 31.6. The first-order valence-electron chi connectivity index (χ1n) is 6.18. The van der Waals surface area contributed by atoms with Crippen molar-refractivity contribution in [3.63, 3.8) is 0 Å². The Morgan fingerprint density at radius 1 is 1.33 bits per heavy atom. The topological polar surface area (TPSA) is 49.5 Å². The highest BCUT2D eigenvalue weighted by Gasteiger charge is 2.30.